The first-order valence-electron chi connectivity index (χ1n) is 14.6. The quantitative estimate of drug-likeness (QED) is 0.211. The van der Waals surface area contributed by atoms with Crippen LogP contribution in [0.25, 0.3) is 5.70 Å². The van der Waals surface area contributed by atoms with E-state index >= 15 is 0 Å². The fourth-order valence-corrected chi connectivity index (χ4v) is 6.38. The molecule has 2 aromatic carbocycles. The summed E-state index contributed by atoms with van der Waals surface area (Å²) in [6.07, 6.45) is 3.51. The Kier molecular flexibility index (Phi) is 9.93. The number of nitrogens with zero attached hydrogens (tertiary/aromatic N) is 6. The first kappa shape index (κ1) is 31.4. The molecule has 1 unspecified atom stereocenters. The van der Waals surface area contributed by atoms with Crippen LogP contribution in [-0.2, 0) is 23.2 Å². The maximum Gasteiger partial charge on any atom is 0.251 e. The Labute approximate surface area is 253 Å². The van der Waals surface area contributed by atoms with Crippen LogP contribution in [0.2, 0.25) is 0 Å². The summed E-state index contributed by atoms with van der Waals surface area (Å²) in [6, 6.07) is 13.8. The number of benzene rings is 2. The van der Waals surface area contributed by atoms with Crippen LogP contribution in [0.3, 0.4) is 0 Å². The van der Waals surface area contributed by atoms with Crippen molar-refractivity contribution in [3.05, 3.63) is 76.4 Å². The van der Waals surface area contributed by atoms with Crippen molar-refractivity contribution in [2.45, 2.75) is 56.7 Å². The van der Waals surface area contributed by atoms with E-state index in [0.29, 0.717) is 31.4 Å². The molecule has 0 radical (unpaired) electrons. The van der Waals surface area contributed by atoms with Crippen LogP contribution in [0.5, 0.6) is 0 Å². The van der Waals surface area contributed by atoms with Crippen molar-refractivity contribution in [3.63, 3.8) is 0 Å². The maximum atomic E-state index is 13.1. The number of hydrogen-bond donors (Lipinski definition) is 3. The Morgan fingerprint density at radius 2 is 1.79 bits per heavy atom. The molecule has 1 heterocycles. The van der Waals surface area contributed by atoms with Gasteiger partial charge in [0.25, 0.3) is 5.91 Å². The smallest absolute Gasteiger partial charge is 0.251 e. The lowest BCUT2D eigenvalue weighted by molar-refractivity contribution is -0.130. The van der Waals surface area contributed by atoms with Crippen LogP contribution < -0.4 is 16.0 Å². The molecule has 2 aromatic rings. The van der Waals surface area contributed by atoms with E-state index in [2.05, 4.69) is 63.0 Å². The second kappa shape index (κ2) is 13.6. The summed E-state index contributed by atoms with van der Waals surface area (Å²) in [5, 5.41) is 32.5. The molecular weight excluding hydrogens is 542 g/mol. The number of nitriles is 1. The fraction of sp³-hybridized carbons (Fsp3) is 0.438. The molecule has 1 fully saturated rings. The Hall–Kier alpha value is -4.56. The molecule has 3 N–H and O–H groups in total. The molecule has 1 aliphatic heterocycles. The van der Waals surface area contributed by atoms with E-state index < -0.39 is 5.54 Å². The Morgan fingerprint density at radius 1 is 1.14 bits per heavy atom. The molecule has 11 heteroatoms. The molecule has 2 amide bonds. The lowest BCUT2D eigenvalue weighted by Crippen LogP contribution is -2.49. The van der Waals surface area contributed by atoms with Crippen LogP contribution in [-0.4, -0.2) is 74.8 Å². The van der Waals surface area contributed by atoms with Gasteiger partial charge in [0, 0.05) is 51.7 Å². The van der Waals surface area contributed by atoms with Gasteiger partial charge in [-0.15, -0.1) is 5.10 Å². The highest BCUT2D eigenvalue weighted by Gasteiger charge is 2.45. The SMILES string of the molecule is C=N/N=N\N(C)C1(C[C@H](C)NCC(=O)N2CCC[C@H]2C#N)c2ccc(C(=C)NC)cc2CCc2cc(C(=O)NC)ccc21. The number of carbonyl (C=O) groups excluding carboxylic acids is 2. The zero-order valence-electron chi connectivity index (χ0n) is 25.5. The fourth-order valence-electron chi connectivity index (χ4n) is 6.38. The third kappa shape index (κ3) is 6.29. The van der Waals surface area contributed by atoms with Crippen molar-refractivity contribution < 1.29 is 9.59 Å². The van der Waals surface area contributed by atoms with Gasteiger partial charge in [-0.2, -0.15) is 5.26 Å². The number of likely N-dealkylation sites (tertiary alicyclic amines) is 1. The summed E-state index contributed by atoms with van der Waals surface area (Å²) in [5.41, 5.74) is 5.72. The predicted molar refractivity (Wildman–Crippen MR) is 167 cm³/mol. The summed E-state index contributed by atoms with van der Waals surface area (Å²) in [6.45, 7) is 10.4. The molecule has 0 spiro atoms. The zero-order chi connectivity index (χ0) is 31.1. The average molecular weight is 584 g/mol. The molecule has 1 aliphatic carbocycles. The van der Waals surface area contributed by atoms with Crippen LogP contribution >= 0.6 is 0 Å². The summed E-state index contributed by atoms with van der Waals surface area (Å²) >= 11 is 0. The first-order valence-corrected chi connectivity index (χ1v) is 14.6. The van der Waals surface area contributed by atoms with Crippen molar-refractivity contribution in [1.29, 1.82) is 5.26 Å². The molecule has 3 atom stereocenters. The van der Waals surface area contributed by atoms with E-state index in [9.17, 15) is 14.9 Å². The van der Waals surface area contributed by atoms with E-state index in [1.807, 2.05) is 50.3 Å². The van der Waals surface area contributed by atoms with E-state index in [4.69, 9.17) is 0 Å². The molecule has 11 nitrogen and oxygen atoms in total. The van der Waals surface area contributed by atoms with Crippen LogP contribution in [0.4, 0.5) is 0 Å². The highest BCUT2D eigenvalue weighted by molar-refractivity contribution is 5.94. The number of amides is 2. The molecule has 0 aromatic heterocycles. The Balaban J connectivity index is 1.82. The third-order valence-corrected chi connectivity index (χ3v) is 8.62. The van der Waals surface area contributed by atoms with E-state index in [-0.39, 0.29) is 30.4 Å². The van der Waals surface area contributed by atoms with Gasteiger partial charge in [-0.25, -0.2) is 0 Å². The van der Waals surface area contributed by atoms with Crippen LogP contribution in [0.1, 0.15) is 64.4 Å². The minimum atomic E-state index is -0.839. The topological polar surface area (TPSA) is 138 Å². The summed E-state index contributed by atoms with van der Waals surface area (Å²) in [7, 11) is 5.33. The standard InChI is InChI=1S/C32H41N9O2/c1-21(37-20-30(42)41-15-7-8-27(41)19-33)18-32(40(6)39-38-36-5)28-13-11-23(22(2)34-3)16-24(28)9-10-25-17-26(31(43)35-4)12-14-29(25)32/h11-14,16-17,21,27,34,37H,2,5,7-10,15,18,20H2,1,3-4,6H3,(H,35,43)/b39-38-/t21-,27-,32?/m0/s1. The highest BCUT2D eigenvalue weighted by atomic mass is 16.2. The van der Waals surface area contributed by atoms with Gasteiger partial charge in [0.2, 0.25) is 5.91 Å². The number of fused-ring (bicyclic) bond motifs is 2. The highest BCUT2D eigenvalue weighted by Crippen LogP contribution is 2.46. The largest absolute Gasteiger partial charge is 0.388 e. The molecule has 226 valence electrons. The molecule has 0 bridgehead atoms. The number of hydrogen-bond acceptors (Lipinski definition) is 7. The molecule has 4 rings (SSSR count). The number of aryl methyl sites for hydroxylation is 2. The van der Waals surface area contributed by atoms with Crippen molar-refractivity contribution in [2.75, 3.05) is 34.2 Å². The third-order valence-electron chi connectivity index (χ3n) is 8.62. The van der Waals surface area contributed by atoms with Gasteiger partial charge < -0.3 is 20.9 Å². The van der Waals surface area contributed by atoms with E-state index in [1.54, 1.807) is 11.9 Å². The van der Waals surface area contributed by atoms with E-state index in [0.717, 1.165) is 46.4 Å². The lowest BCUT2D eigenvalue weighted by atomic mass is 9.75. The van der Waals surface area contributed by atoms with Crippen LogP contribution in [0, 0.1) is 11.3 Å². The number of nitrogens with one attached hydrogen (secondary N) is 3. The summed E-state index contributed by atoms with van der Waals surface area (Å²) in [4.78, 5) is 27.4. The van der Waals surface area contributed by atoms with Crippen molar-refractivity contribution >= 4 is 24.2 Å². The monoisotopic (exact) mass is 583 g/mol. The summed E-state index contributed by atoms with van der Waals surface area (Å²) in [5.74, 6) is -0.237. The second-order valence-electron chi connectivity index (χ2n) is 11.1. The van der Waals surface area contributed by atoms with E-state index in [1.165, 1.54) is 0 Å². The number of rotatable bonds is 11. The molecule has 1 saturated heterocycles. The van der Waals surface area contributed by atoms with Gasteiger partial charge in [0.15, 0.2) is 0 Å². The summed E-state index contributed by atoms with van der Waals surface area (Å²) < 4.78 is 0. The van der Waals surface area contributed by atoms with Crippen molar-refractivity contribution in [3.8, 4) is 6.07 Å². The molecular formula is C32H41N9O2. The minimum Gasteiger partial charge on any atom is -0.388 e. The lowest BCUT2D eigenvalue weighted by Gasteiger charge is -2.43. The number of carbonyl (C=O) groups is 2. The predicted octanol–water partition coefficient (Wildman–Crippen LogP) is 3.38. The van der Waals surface area contributed by atoms with Crippen molar-refractivity contribution in [2.24, 2.45) is 15.5 Å². The van der Waals surface area contributed by atoms with Gasteiger partial charge in [0.1, 0.15) is 11.6 Å². The van der Waals surface area contributed by atoms with Gasteiger partial charge >= 0.3 is 0 Å². The van der Waals surface area contributed by atoms with Crippen LogP contribution in [0.15, 0.2) is 58.5 Å². The van der Waals surface area contributed by atoms with Gasteiger partial charge in [0.05, 0.1) is 12.6 Å². The molecule has 0 saturated carbocycles. The van der Waals surface area contributed by atoms with Gasteiger partial charge in [-0.3, -0.25) is 14.6 Å². The first-order chi connectivity index (χ1) is 20.7. The Bertz CT molecular complexity index is 1390. The Morgan fingerprint density at radius 3 is 2.40 bits per heavy atom. The second-order valence-corrected chi connectivity index (χ2v) is 11.1. The van der Waals surface area contributed by atoms with Gasteiger partial charge in [-0.05, 0) is 90.3 Å². The molecule has 43 heavy (non-hydrogen) atoms. The average Bonchev–Trinajstić information content (AvgIpc) is 3.47. The van der Waals surface area contributed by atoms with Crippen molar-refractivity contribution in [1.82, 2.24) is 25.9 Å². The maximum absolute atomic E-state index is 13.1. The normalized spacial score (nSPS) is 19.9. The van der Waals surface area contributed by atoms with Gasteiger partial charge in [-0.1, -0.05) is 30.0 Å². The zero-order valence-corrected chi connectivity index (χ0v) is 25.5. The molecule has 2 aliphatic rings. The minimum absolute atomic E-state index is 0.0824.